The molecule has 100 valence electrons. The second-order valence-corrected chi connectivity index (χ2v) is 5.48. The van der Waals surface area contributed by atoms with Gasteiger partial charge in [-0.3, -0.25) is 0 Å². The Hall–Kier alpha value is -1.48. The summed E-state index contributed by atoms with van der Waals surface area (Å²) < 4.78 is 1.02. The first-order valence-corrected chi connectivity index (χ1v) is 7.18. The number of hydrogen-bond donors (Lipinski definition) is 1. The van der Waals surface area contributed by atoms with Crippen LogP contribution in [0.5, 0.6) is 5.75 Å². The van der Waals surface area contributed by atoms with E-state index in [0.29, 0.717) is 5.75 Å². The summed E-state index contributed by atoms with van der Waals surface area (Å²) in [7, 11) is 0. The van der Waals surface area contributed by atoms with Crippen LogP contribution < -0.4 is 4.90 Å². The summed E-state index contributed by atoms with van der Waals surface area (Å²) in [4.78, 5) is 2.28. The molecule has 2 aromatic carbocycles. The standard InChI is InChI=1S/C16H18BrNO/c1-3-18(14-6-4-12(2)5-7-14)11-13-10-15(19)8-9-16(13)17/h4-10,19H,3,11H2,1-2H3. The number of phenols is 1. The maximum Gasteiger partial charge on any atom is 0.115 e. The average molecular weight is 320 g/mol. The fourth-order valence-corrected chi connectivity index (χ4v) is 2.40. The lowest BCUT2D eigenvalue weighted by molar-refractivity contribution is 0.474. The van der Waals surface area contributed by atoms with Crippen LogP contribution in [0.15, 0.2) is 46.9 Å². The van der Waals surface area contributed by atoms with Gasteiger partial charge in [0, 0.05) is 23.2 Å². The highest BCUT2D eigenvalue weighted by Crippen LogP contribution is 2.25. The third kappa shape index (κ3) is 3.51. The molecule has 0 bridgehead atoms. The first-order valence-electron chi connectivity index (χ1n) is 6.39. The summed E-state index contributed by atoms with van der Waals surface area (Å²) in [5, 5.41) is 9.59. The average Bonchev–Trinajstić information content (AvgIpc) is 2.41. The van der Waals surface area contributed by atoms with Crippen LogP contribution >= 0.6 is 15.9 Å². The zero-order chi connectivity index (χ0) is 13.8. The largest absolute Gasteiger partial charge is 0.508 e. The minimum Gasteiger partial charge on any atom is -0.508 e. The van der Waals surface area contributed by atoms with E-state index in [1.165, 1.54) is 11.3 Å². The van der Waals surface area contributed by atoms with Crippen LogP contribution in [0.1, 0.15) is 18.1 Å². The summed E-state index contributed by atoms with van der Waals surface area (Å²) in [6.45, 7) is 5.92. The number of phenolic OH excluding ortho intramolecular Hbond substituents is 1. The van der Waals surface area contributed by atoms with Gasteiger partial charge in [0.1, 0.15) is 5.75 Å². The predicted molar refractivity (Wildman–Crippen MR) is 83.7 cm³/mol. The topological polar surface area (TPSA) is 23.5 Å². The van der Waals surface area contributed by atoms with Crippen LogP contribution in [0.4, 0.5) is 5.69 Å². The smallest absolute Gasteiger partial charge is 0.115 e. The van der Waals surface area contributed by atoms with Gasteiger partial charge in [0.05, 0.1) is 0 Å². The highest BCUT2D eigenvalue weighted by molar-refractivity contribution is 9.10. The van der Waals surface area contributed by atoms with Gasteiger partial charge >= 0.3 is 0 Å². The zero-order valence-electron chi connectivity index (χ0n) is 11.2. The van der Waals surface area contributed by atoms with Gasteiger partial charge < -0.3 is 10.0 Å². The second kappa shape index (κ2) is 6.11. The van der Waals surface area contributed by atoms with Crippen LogP contribution in [-0.2, 0) is 6.54 Å². The quantitative estimate of drug-likeness (QED) is 0.897. The van der Waals surface area contributed by atoms with Crippen LogP contribution in [0.3, 0.4) is 0 Å². The summed E-state index contributed by atoms with van der Waals surface area (Å²) in [6, 6.07) is 13.9. The van der Waals surface area contributed by atoms with E-state index < -0.39 is 0 Å². The monoisotopic (exact) mass is 319 g/mol. The fraction of sp³-hybridized carbons (Fsp3) is 0.250. The molecule has 0 aliphatic heterocycles. The van der Waals surface area contributed by atoms with Gasteiger partial charge in [-0.05, 0) is 49.7 Å². The number of benzene rings is 2. The van der Waals surface area contributed by atoms with Crippen molar-refractivity contribution in [2.75, 3.05) is 11.4 Å². The molecule has 0 heterocycles. The molecular formula is C16H18BrNO. The normalized spacial score (nSPS) is 10.5. The lowest BCUT2D eigenvalue weighted by atomic mass is 10.1. The van der Waals surface area contributed by atoms with Crippen molar-refractivity contribution in [2.45, 2.75) is 20.4 Å². The van der Waals surface area contributed by atoms with Crippen molar-refractivity contribution >= 4 is 21.6 Å². The molecule has 0 saturated carbocycles. The van der Waals surface area contributed by atoms with Crippen molar-refractivity contribution in [3.8, 4) is 5.75 Å². The van der Waals surface area contributed by atoms with E-state index in [1.807, 2.05) is 6.07 Å². The van der Waals surface area contributed by atoms with Crippen molar-refractivity contribution in [2.24, 2.45) is 0 Å². The molecule has 0 atom stereocenters. The summed E-state index contributed by atoms with van der Waals surface area (Å²) in [5.74, 6) is 0.304. The summed E-state index contributed by atoms with van der Waals surface area (Å²) >= 11 is 3.53. The van der Waals surface area contributed by atoms with Crippen molar-refractivity contribution < 1.29 is 5.11 Å². The van der Waals surface area contributed by atoms with Gasteiger partial charge in [-0.2, -0.15) is 0 Å². The molecule has 3 heteroatoms. The number of nitrogens with zero attached hydrogens (tertiary/aromatic N) is 1. The van der Waals surface area contributed by atoms with E-state index in [0.717, 1.165) is 23.1 Å². The molecule has 2 aromatic rings. The lowest BCUT2D eigenvalue weighted by Crippen LogP contribution is -2.22. The Bertz CT molecular complexity index is 551. The van der Waals surface area contributed by atoms with Crippen molar-refractivity contribution in [3.63, 3.8) is 0 Å². The minimum absolute atomic E-state index is 0.304. The van der Waals surface area contributed by atoms with E-state index in [1.54, 1.807) is 12.1 Å². The van der Waals surface area contributed by atoms with Crippen molar-refractivity contribution in [1.82, 2.24) is 0 Å². The van der Waals surface area contributed by atoms with Gasteiger partial charge in [0.25, 0.3) is 0 Å². The Kier molecular flexibility index (Phi) is 4.48. The van der Waals surface area contributed by atoms with E-state index in [9.17, 15) is 5.11 Å². The van der Waals surface area contributed by atoms with Crippen LogP contribution in [0.25, 0.3) is 0 Å². The lowest BCUT2D eigenvalue weighted by Gasteiger charge is -2.24. The third-order valence-corrected chi connectivity index (χ3v) is 3.94. The van der Waals surface area contributed by atoms with E-state index in [-0.39, 0.29) is 0 Å². The summed E-state index contributed by atoms with van der Waals surface area (Å²) in [5.41, 5.74) is 3.55. The molecule has 0 unspecified atom stereocenters. The van der Waals surface area contributed by atoms with Crippen molar-refractivity contribution in [3.05, 3.63) is 58.1 Å². The molecule has 2 rings (SSSR count). The zero-order valence-corrected chi connectivity index (χ0v) is 12.8. The molecule has 0 amide bonds. The Labute approximate surface area is 122 Å². The van der Waals surface area contributed by atoms with Gasteiger partial charge in [-0.15, -0.1) is 0 Å². The van der Waals surface area contributed by atoms with E-state index in [2.05, 4.69) is 58.9 Å². The van der Waals surface area contributed by atoms with E-state index >= 15 is 0 Å². The molecule has 0 fully saturated rings. The molecular weight excluding hydrogens is 302 g/mol. The Balaban J connectivity index is 2.23. The second-order valence-electron chi connectivity index (χ2n) is 4.63. The molecule has 0 spiro atoms. The van der Waals surface area contributed by atoms with Gasteiger partial charge in [0.15, 0.2) is 0 Å². The SMILES string of the molecule is CCN(Cc1cc(O)ccc1Br)c1ccc(C)cc1. The fourth-order valence-electron chi connectivity index (χ4n) is 2.03. The Morgan fingerprint density at radius 3 is 2.42 bits per heavy atom. The third-order valence-electron chi connectivity index (χ3n) is 3.17. The summed E-state index contributed by atoms with van der Waals surface area (Å²) in [6.07, 6.45) is 0. The molecule has 1 N–H and O–H groups in total. The number of hydrogen-bond acceptors (Lipinski definition) is 2. The van der Waals surface area contributed by atoms with Crippen molar-refractivity contribution in [1.29, 1.82) is 0 Å². The highest BCUT2D eigenvalue weighted by atomic mass is 79.9. The van der Waals surface area contributed by atoms with Gasteiger partial charge in [-0.1, -0.05) is 33.6 Å². The maximum absolute atomic E-state index is 9.59. The highest BCUT2D eigenvalue weighted by Gasteiger charge is 2.08. The molecule has 0 aromatic heterocycles. The molecule has 0 radical (unpaired) electrons. The number of aromatic hydroxyl groups is 1. The Morgan fingerprint density at radius 2 is 1.79 bits per heavy atom. The van der Waals surface area contributed by atoms with Crippen LogP contribution in [-0.4, -0.2) is 11.7 Å². The minimum atomic E-state index is 0.304. The van der Waals surface area contributed by atoms with Crippen LogP contribution in [0.2, 0.25) is 0 Å². The van der Waals surface area contributed by atoms with Gasteiger partial charge in [-0.25, -0.2) is 0 Å². The molecule has 0 saturated heterocycles. The van der Waals surface area contributed by atoms with Gasteiger partial charge in [0.2, 0.25) is 0 Å². The van der Waals surface area contributed by atoms with Crippen LogP contribution in [0, 0.1) is 6.92 Å². The number of aryl methyl sites for hydroxylation is 1. The van der Waals surface area contributed by atoms with E-state index in [4.69, 9.17) is 0 Å². The molecule has 19 heavy (non-hydrogen) atoms. The first kappa shape index (κ1) is 13.9. The number of anilines is 1. The molecule has 0 aliphatic rings. The number of rotatable bonds is 4. The molecule has 0 aliphatic carbocycles. The molecule has 2 nitrogen and oxygen atoms in total. The number of halogens is 1. The predicted octanol–water partition coefficient (Wildman–Crippen LogP) is 4.49. The maximum atomic E-state index is 9.59. The first-order chi connectivity index (χ1) is 9.10. The Morgan fingerprint density at radius 1 is 1.11 bits per heavy atom.